The van der Waals surface area contributed by atoms with Crippen molar-refractivity contribution in [2.24, 2.45) is 0 Å². The van der Waals surface area contributed by atoms with Gasteiger partial charge in [-0.15, -0.1) is 0 Å². The zero-order chi connectivity index (χ0) is 12.7. The quantitative estimate of drug-likeness (QED) is 0.750. The Morgan fingerprint density at radius 3 is 2.78 bits per heavy atom. The zero-order valence-electron chi connectivity index (χ0n) is 11.1. The molecule has 0 atom stereocenters. The molecular formula is C16H18N2. The smallest absolute Gasteiger partial charge is 0.0772 e. The van der Waals surface area contributed by atoms with Gasteiger partial charge in [-0.25, -0.2) is 0 Å². The van der Waals surface area contributed by atoms with E-state index in [0.717, 1.165) is 12.2 Å². The molecule has 0 fully saturated rings. The summed E-state index contributed by atoms with van der Waals surface area (Å²) in [6.07, 6.45) is 1.88. The topological polar surface area (TPSA) is 16.1 Å². The molecule has 0 spiro atoms. The molecule has 18 heavy (non-hydrogen) atoms. The van der Waals surface area contributed by atoms with Crippen LogP contribution in [0.15, 0.2) is 36.5 Å². The summed E-state index contributed by atoms with van der Waals surface area (Å²) in [5.41, 5.74) is 6.48. The normalized spacial score (nSPS) is 13.4. The second kappa shape index (κ2) is 4.13. The van der Waals surface area contributed by atoms with Gasteiger partial charge >= 0.3 is 0 Å². The highest BCUT2D eigenvalue weighted by Gasteiger charge is 2.23. The molecule has 0 bridgehead atoms. The highest BCUT2D eigenvalue weighted by molar-refractivity contribution is 5.83. The first-order valence-corrected chi connectivity index (χ1v) is 6.47. The lowest BCUT2D eigenvalue weighted by Gasteiger charge is -2.32. The number of aromatic nitrogens is 1. The third-order valence-corrected chi connectivity index (χ3v) is 3.62. The Morgan fingerprint density at radius 1 is 1.17 bits per heavy atom. The number of pyridine rings is 1. The van der Waals surface area contributed by atoms with E-state index >= 15 is 0 Å². The second-order valence-corrected chi connectivity index (χ2v) is 5.27. The van der Waals surface area contributed by atoms with Crippen LogP contribution >= 0.6 is 0 Å². The van der Waals surface area contributed by atoms with Crippen LogP contribution in [-0.4, -0.2) is 12.0 Å². The molecule has 3 rings (SSSR count). The van der Waals surface area contributed by atoms with Crippen molar-refractivity contribution < 1.29 is 0 Å². The number of nitrogens with zero attached hydrogens (tertiary/aromatic N) is 2. The molecule has 0 radical (unpaired) electrons. The lowest BCUT2D eigenvalue weighted by atomic mass is 9.91. The van der Waals surface area contributed by atoms with Gasteiger partial charge in [0.1, 0.15) is 0 Å². The van der Waals surface area contributed by atoms with Crippen molar-refractivity contribution in [1.29, 1.82) is 0 Å². The Morgan fingerprint density at radius 2 is 2.00 bits per heavy atom. The molecule has 0 aliphatic carbocycles. The standard InChI is InChI=1S/C16H18N2/c1-11(2)13-7-4-8-14-15-12(6-5-9-17-15)10-18(3)16(13)14/h4-9,11H,10H2,1-3H3. The molecule has 2 heteroatoms. The number of hydrogen-bond acceptors (Lipinski definition) is 2. The second-order valence-electron chi connectivity index (χ2n) is 5.27. The molecule has 0 saturated heterocycles. The Bertz CT molecular complexity index is 587. The molecule has 0 saturated carbocycles. The third-order valence-electron chi connectivity index (χ3n) is 3.62. The van der Waals surface area contributed by atoms with E-state index in [2.05, 4.69) is 55.0 Å². The molecule has 2 aromatic rings. The van der Waals surface area contributed by atoms with E-state index in [4.69, 9.17) is 0 Å². The van der Waals surface area contributed by atoms with E-state index in [1.54, 1.807) is 0 Å². The highest BCUT2D eigenvalue weighted by Crippen LogP contribution is 2.41. The summed E-state index contributed by atoms with van der Waals surface area (Å²) in [4.78, 5) is 6.91. The fraction of sp³-hybridized carbons (Fsp3) is 0.312. The first-order valence-electron chi connectivity index (χ1n) is 6.47. The summed E-state index contributed by atoms with van der Waals surface area (Å²) in [7, 11) is 2.17. The van der Waals surface area contributed by atoms with Gasteiger partial charge in [0.2, 0.25) is 0 Å². The maximum atomic E-state index is 4.57. The minimum absolute atomic E-state index is 0.535. The average Bonchev–Trinajstić information content (AvgIpc) is 2.38. The molecule has 2 nitrogen and oxygen atoms in total. The van der Waals surface area contributed by atoms with E-state index in [9.17, 15) is 0 Å². The van der Waals surface area contributed by atoms with Crippen molar-refractivity contribution in [2.45, 2.75) is 26.3 Å². The molecule has 0 N–H and O–H groups in total. The number of para-hydroxylation sites is 1. The fourth-order valence-corrected chi connectivity index (χ4v) is 2.79. The van der Waals surface area contributed by atoms with Gasteiger partial charge in [-0.1, -0.05) is 38.1 Å². The number of anilines is 1. The highest BCUT2D eigenvalue weighted by atomic mass is 15.1. The minimum Gasteiger partial charge on any atom is -0.369 e. The van der Waals surface area contributed by atoms with Crippen molar-refractivity contribution in [3.63, 3.8) is 0 Å². The Hall–Kier alpha value is -1.83. The third kappa shape index (κ3) is 1.60. The van der Waals surface area contributed by atoms with Crippen LogP contribution in [0, 0.1) is 0 Å². The van der Waals surface area contributed by atoms with Crippen molar-refractivity contribution in [3.05, 3.63) is 47.7 Å². The number of hydrogen-bond donors (Lipinski definition) is 0. The summed E-state index contributed by atoms with van der Waals surface area (Å²) >= 11 is 0. The lowest BCUT2D eigenvalue weighted by Crippen LogP contribution is -2.23. The Balaban J connectivity index is 2.29. The Kier molecular flexibility index (Phi) is 2.58. The summed E-state index contributed by atoms with van der Waals surface area (Å²) in [5.74, 6) is 0.535. The predicted octanol–water partition coefficient (Wildman–Crippen LogP) is 3.82. The summed E-state index contributed by atoms with van der Waals surface area (Å²) in [5, 5.41) is 0. The number of fused-ring (bicyclic) bond motifs is 3. The van der Waals surface area contributed by atoms with Gasteiger partial charge in [-0.3, -0.25) is 4.98 Å². The summed E-state index contributed by atoms with van der Waals surface area (Å²) in [6.45, 7) is 5.44. The van der Waals surface area contributed by atoms with E-state index < -0.39 is 0 Å². The van der Waals surface area contributed by atoms with Crippen molar-refractivity contribution in [3.8, 4) is 11.3 Å². The molecule has 92 valence electrons. The largest absolute Gasteiger partial charge is 0.369 e. The van der Waals surface area contributed by atoms with Crippen LogP contribution in [0.1, 0.15) is 30.9 Å². The van der Waals surface area contributed by atoms with Crippen molar-refractivity contribution in [1.82, 2.24) is 4.98 Å². The van der Waals surface area contributed by atoms with Gasteiger partial charge in [-0.2, -0.15) is 0 Å². The predicted molar refractivity (Wildman–Crippen MR) is 75.9 cm³/mol. The first-order chi connectivity index (χ1) is 8.68. The lowest BCUT2D eigenvalue weighted by molar-refractivity contribution is 0.829. The maximum Gasteiger partial charge on any atom is 0.0772 e. The average molecular weight is 238 g/mol. The van der Waals surface area contributed by atoms with Gasteiger partial charge in [0, 0.05) is 31.0 Å². The molecular weight excluding hydrogens is 220 g/mol. The SMILES string of the molecule is CC(C)c1cccc2c1N(C)Cc1cccnc1-2. The Labute approximate surface area is 108 Å². The van der Waals surface area contributed by atoms with Crippen LogP contribution in [0.3, 0.4) is 0 Å². The van der Waals surface area contributed by atoms with Crippen LogP contribution in [-0.2, 0) is 6.54 Å². The van der Waals surface area contributed by atoms with Crippen molar-refractivity contribution >= 4 is 5.69 Å². The van der Waals surface area contributed by atoms with Crippen LogP contribution in [0.2, 0.25) is 0 Å². The zero-order valence-corrected chi connectivity index (χ0v) is 11.1. The molecule has 1 aliphatic rings. The number of benzene rings is 1. The van der Waals surface area contributed by atoms with Crippen LogP contribution in [0.25, 0.3) is 11.3 Å². The van der Waals surface area contributed by atoms with Crippen LogP contribution < -0.4 is 4.90 Å². The molecule has 0 unspecified atom stereocenters. The van der Waals surface area contributed by atoms with Crippen LogP contribution in [0.4, 0.5) is 5.69 Å². The summed E-state index contributed by atoms with van der Waals surface area (Å²) < 4.78 is 0. The molecule has 0 amide bonds. The maximum absolute atomic E-state index is 4.57. The van der Waals surface area contributed by atoms with Gasteiger partial charge in [0.25, 0.3) is 0 Å². The van der Waals surface area contributed by atoms with Crippen LogP contribution in [0.5, 0.6) is 0 Å². The molecule has 1 aromatic carbocycles. The van der Waals surface area contributed by atoms with Gasteiger partial charge in [-0.05, 0) is 23.1 Å². The van der Waals surface area contributed by atoms with E-state index in [1.807, 2.05) is 12.3 Å². The van der Waals surface area contributed by atoms with Gasteiger partial charge in [0.05, 0.1) is 5.69 Å². The van der Waals surface area contributed by atoms with Gasteiger partial charge in [0.15, 0.2) is 0 Å². The molecule has 2 heterocycles. The van der Waals surface area contributed by atoms with E-state index in [0.29, 0.717) is 5.92 Å². The van der Waals surface area contributed by atoms with Gasteiger partial charge < -0.3 is 4.90 Å². The monoisotopic (exact) mass is 238 g/mol. The van der Waals surface area contributed by atoms with E-state index in [1.165, 1.54) is 22.4 Å². The minimum atomic E-state index is 0.535. The summed E-state index contributed by atoms with van der Waals surface area (Å²) in [6, 6.07) is 10.7. The molecule has 1 aromatic heterocycles. The first kappa shape index (κ1) is 11.3. The number of rotatable bonds is 1. The molecule has 1 aliphatic heterocycles. The fourth-order valence-electron chi connectivity index (χ4n) is 2.79. The van der Waals surface area contributed by atoms with E-state index in [-0.39, 0.29) is 0 Å². The van der Waals surface area contributed by atoms with Crippen molar-refractivity contribution in [2.75, 3.05) is 11.9 Å².